The van der Waals surface area contributed by atoms with Gasteiger partial charge in [-0.3, -0.25) is 4.79 Å². The highest BCUT2D eigenvalue weighted by Gasteiger charge is 2.10. The molecule has 0 saturated heterocycles. The first-order chi connectivity index (χ1) is 5.91. The molecular formula is C8H11NO3S. The van der Waals surface area contributed by atoms with E-state index in [0.29, 0.717) is 5.69 Å². The van der Waals surface area contributed by atoms with Crippen molar-refractivity contribution in [2.45, 2.75) is 13.3 Å². The summed E-state index contributed by atoms with van der Waals surface area (Å²) < 4.78 is 23.4. The van der Waals surface area contributed by atoms with Gasteiger partial charge in [0, 0.05) is 18.3 Å². The number of aromatic nitrogens is 1. The molecule has 0 spiro atoms. The Labute approximate surface area is 77.2 Å². The van der Waals surface area contributed by atoms with Crippen molar-refractivity contribution in [2.24, 2.45) is 0 Å². The Morgan fingerprint density at radius 1 is 1.54 bits per heavy atom. The second-order valence-corrected chi connectivity index (χ2v) is 4.80. The maximum absolute atomic E-state index is 11.1. The first-order valence-corrected chi connectivity index (χ1v) is 5.62. The van der Waals surface area contributed by atoms with Gasteiger partial charge in [-0.05, 0) is 19.1 Å². The van der Waals surface area contributed by atoms with E-state index in [2.05, 4.69) is 0 Å². The molecule has 0 atom stereocenters. The van der Waals surface area contributed by atoms with Crippen LogP contribution in [0.4, 0.5) is 0 Å². The third-order valence-electron chi connectivity index (χ3n) is 1.58. The van der Waals surface area contributed by atoms with Crippen LogP contribution in [0, 0.1) is 0 Å². The molecule has 4 nitrogen and oxygen atoms in total. The predicted molar refractivity (Wildman–Crippen MR) is 49.1 cm³/mol. The molecule has 0 aliphatic rings. The van der Waals surface area contributed by atoms with Crippen LogP contribution >= 0.6 is 0 Å². The van der Waals surface area contributed by atoms with Crippen LogP contribution in [0.25, 0.3) is 0 Å². The van der Waals surface area contributed by atoms with Gasteiger partial charge in [-0.2, -0.15) is 0 Å². The van der Waals surface area contributed by atoms with Gasteiger partial charge in [-0.1, -0.05) is 0 Å². The van der Waals surface area contributed by atoms with Gasteiger partial charge in [0.15, 0.2) is 0 Å². The lowest BCUT2D eigenvalue weighted by Crippen LogP contribution is -2.13. The normalized spacial score (nSPS) is 11.5. The fourth-order valence-electron chi connectivity index (χ4n) is 1.12. The van der Waals surface area contributed by atoms with Crippen molar-refractivity contribution in [1.82, 2.24) is 3.97 Å². The van der Waals surface area contributed by atoms with E-state index in [1.54, 1.807) is 12.1 Å². The molecule has 0 aliphatic heterocycles. The third kappa shape index (κ3) is 2.42. The summed E-state index contributed by atoms with van der Waals surface area (Å²) in [7, 11) is -3.27. The van der Waals surface area contributed by atoms with Crippen molar-refractivity contribution in [3.8, 4) is 0 Å². The third-order valence-corrected chi connectivity index (χ3v) is 2.65. The average Bonchev–Trinajstić information content (AvgIpc) is 2.31. The van der Waals surface area contributed by atoms with Gasteiger partial charge in [0.05, 0.1) is 6.26 Å². The van der Waals surface area contributed by atoms with Crippen LogP contribution in [0.5, 0.6) is 0 Å². The smallest absolute Gasteiger partial charge is 0.235 e. The van der Waals surface area contributed by atoms with E-state index in [9.17, 15) is 13.2 Å². The van der Waals surface area contributed by atoms with Crippen LogP contribution in [0.1, 0.15) is 12.6 Å². The zero-order chi connectivity index (χ0) is 10.1. The van der Waals surface area contributed by atoms with Crippen molar-refractivity contribution in [1.29, 1.82) is 0 Å². The molecule has 1 aromatic heterocycles. The monoisotopic (exact) mass is 201 g/mol. The lowest BCUT2D eigenvalue weighted by molar-refractivity contribution is -0.116. The molecule has 0 bridgehead atoms. The first-order valence-electron chi connectivity index (χ1n) is 3.77. The zero-order valence-electron chi connectivity index (χ0n) is 7.52. The highest BCUT2D eigenvalue weighted by atomic mass is 32.2. The van der Waals surface area contributed by atoms with E-state index >= 15 is 0 Å². The molecule has 1 heterocycles. The maximum atomic E-state index is 11.1. The minimum absolute atomic E-state index is 0.0522. The van der Waals surface area contributed by atoms with Crippen LogP contribution in [-0.4, -0.2) is 24.4 Å². The van der Waals surface area contributed by atoms with Crippen LogP contribution < -0.4 is 0 Å². The number of rotatable bonds is 3. The molecule has 0 saturated carbocycles. The number of carbonyl (C=O) groups is 1. The lowest BCUT2D eigenvalue weighted by atomic mass is 10.2. The van der Waals surface area contributed by atoms with Gasteiger partial charge < -0.3 is 0 Å². The van der Waals surface area contributed by atoms with Crippen LogP contribution in [0.15, 0.2) is 18.3 Å². The lowest BCUT2D eigenvalue weighted by Gasteiger charge is -2.04. The minimum atomic E-state index is -3.27. The Kier molecular flexibility index (Phi) is 2.56. The SMILES string of the molecule is CC(=O)Cc1cccn1S(C)(=O)=O. The summed E-state index contributed by atoms with van der Waals surface area (Å²) >= 11 is 0. The predicted octanol–water partition coefficient (Wildman–Crippen LogP) is 0.427. The van der Waals surface area contributed by atoms with Crippen molar-refractivity contribution in [3.05, 3.63) is 24.0 Å². The second kappa shape index (κ2) is 3.33. The van der Waals surface area contributed by atoms with Gasteiger partial charge >= 0.3 is 0 Å². The summed E-state index contributed by atoms with van der Waals surface area (Å²) in [6.45, 7) is 1.43. The van der Waals surface area contributed by atoms with Crippen molar-refractivity contribution >= 4 is 15.8 Å². The largest absolute Gasteiger partial charge is 0.300 e. The van der Waals surface area contributed by atoms with Gasteiger partial charge in [-0.25, -0.2) is 12.4 Å². The van der Waals surface area contributed by atoms with Crippen LogP contribution in [0.2, 0.25) is 0 Å². The quantitative estimate of drug-likeness (QED) is 0.712. The van der Waals surface area contributed by atoms with Crippen molar-refractivity contribution in [2.75, 3.05) is 6.26 Å². The molecule has 0 N–H and O–H groups in total. The van der Waals surface area contributed by atoms with E-state index in [4.69, 9.17) is 0 Å². The molecule has 5 heteroatoms. The molecule has 1 rings (SSSR count). The standard InChI is InChI=1S/C8H11NO3S/c1-7(10)6-8-4-3-5-9(8)13(2,11)12/h3-5H,6H2,1-2H3. The van der Waals surface area contributed by atoms with E-state index < -0.39 is 10.0 Å². The van der Waals surface area contributed by atoms with Crippen LogP contribution in [0.3, 0.4) is 0 Å². The van der Waals surface area contributed by atoms with Gasteiger partial charge in [0.25, 0.3) is 0 Å². The summed E-state index contributed by atoms with van der Waals surface area (Å²) in [6.07, 6.45) is 2.70. The molecule has 0 fully saturated rings. The fraction of sp³-hybridized carbons (Fsp3) is 0.375. The summed E-state index contributed by atoms with van der Waals surface area (Å²) in [5.41, 5.74) is 0.509. The van der Waals surface area contributed by atoms with Gasteiger partial charge in [-0.15, -0.1) is 0 Å². The molecule has 0 aliphatic carbocycles. The van der Waals surface area contributed by atoms with E-state index in [0.717, 1.165) is 10.2 Å². The number of Topliss-reactive ketones (excluding diaryl/α,β-unsaturated/α-hetero) is 1. The number of hydrogen-bond donors (Lipinski definition) is 0. The van der Waals surface area contributed by atoms with Crippen molar-refractivity contribution < 1.29 is 13.2 Å². The van der Waals surface area contributed by atoms with E-state index in [1.165, 1.54) is 13.1 Å². The highest BCUT2D eigenvalue weighted by Crippen LogP contribution is 2.06. The molecular weight excluding hydrogens is 190 g/mol. The maximum Gasteiger partial charge on any atom is 0.235 e. The average molecular weight is 201 g/mol. The zero-order valence-corrected chi connectivity index (χ0v) is 8.34. The molecule has 1 aromatic rings. The molecule has 72 valence electrons. The molecule has 0 aromatic carbocycles. The van der Waals surface area contributed by atoms with Crippen molar-refractivity contribution in [3.63, 3.8) is 0 Å². The minimum Gasteiger partial charge on any atom is -0.300 e. The molecule has 0 unspecified atom stereocenters. The second-order valence-electron chi connectivity index (χ2n) is 2.94. The Morgan fingerprint density at radius 2 is 2.15 bits per heavy atom. The first kappa shape index (κ1) is 9.98. The molecule has 13 heavy (non-hydrogen) atoms. The van der Waals surface area contributed by atoms with Gasteiger partial charge in [0.1, 0.15) is 5.78 Å². The number of carbonyl (C=O) groups excluding carboxylic acids is 1. The number of nitrogens with zero attached hydrogens (tertiary/aromatic N) is 1. The Balaban J connectivity index is 3.11. The summed E-state index contributed by atoms with van der Waals surface area (Å²) in [5, 5.41) is 0. The van der Waals surface area contributed by atoms with Gasteiger partial charge in [0.2, 0.25) is 10.0 Å². The Bertz CT molecular complexity index is 416. The number of ketones is 1. The van der Waals surface area contributed by atoms with E-state index in [1.807, 2.05) is 0 Å². The Morgan fingerprint density at radius 3 is 2.62 bits per heavy atom. The molecule has 0 amide bonds. The summed E-state index contributed by atoms with van der Waals surface area (Å²) in [6, 6.07) is 3.24. The Hall–Kier alpha value is -1.10. The number of hydrogen-bond acceptors (Lipinski definition) is 3. The summed E-state index contributed by atoms with van der Waals surface area (Å²) in [4.78, 5) is 10.8. The fourth-order valence-corrected chi connectivity index (χ4v) is 1.96. The topological polar surface area (TPSA) is 56.1 Å². The highest BCUT2D eigenvalue weighted by molar-refractivity contribution is 7.89. The molecule has 0 radical (unpaired) electrons. The van der Waals surface area contributed by atoms with Crippen LogP contribution in [-0.2, 0) is 21.2 Å². The van der Waals surface area contributed by atoms with E-state index in [-0.39, 0.29) is 12.2 Å². The summed E-state index contributed by atoms with van der Waals surface area (Å²) in [5.74, 6) is -0.0522.